The smallest absolute Gasteiger partial charge is 0.416 e. The highest BCUT2D eigenvalue weighted by Gasteiger charge is 2.34. The van der Waals surface area contributed by atoms with E-state index in [1.54, 1.807) is 17.8 Å². The molecular formula is C18H17F3N4O2. The highest BCUT2D eigenvalue weighted by atomic mass is 19.4. The molecule has 142 valence electrons. The molecule has 1 fully saturated rings. The minimum Gasteiger partial charge on any atom is -0.507 e. The quantitative estimate of drug-likeness (QED) is 0.726. The van der Waals surface area contributed by atoms with Gasteiger partial charge in [0, 0.05) is 11.1 Å². The largest absolute Gasteiger partial charge is 0.507 e. The minimum absolute atomic E-state index is 0.176. The molecule has 1 aliphatic rings. The number of alkyl halides is 3. The zero-order chi connectivity index (χ0) is 19.3. The molecule has 0 radical (unpaired) electrons. The van der Waals surface area contributed by atoms with Crippen LogP contribution in [0.2, 0.25) is 0 Å². The van der Waals surface area contributed by atoms with Crippen molar-refractivity contribution in [3.63, 3.8) is 0 Å². The molecule has 1 saturated carbocycles. The number of aliphatic hydroxyl groups is 1. The summed E-state index contributed by atoms with van der Waals surface area (Å²) >= 11 is 0. The predicted octanol–water partition coefficient (Wildman–Crippen LogP) is 3.48. The van der Waals surface area contributed by atoms with E-state index >= 15 is 0 Å². The summed E-state index contributed by atoms with van der Waals surface area (Å²) in [5.41, 5.74) is 1.50. The number of hydrogen-bond acceptors (Lipinski definition) is 5. The number of aromatic nitrogens is 4. The molecule has 0 bridgehead atoms. The van der Waals surface area contributed by atoms with Crippen molar-refractivity contribution in [1.82, 2.24) is 19.7 Å². The zero-order valence-corrected chi connectivity index (χ0v) is 14.4. The van der Waals surface area contributed by atoms with Gasteiger partial charge in [-0.3, -0.25) is 0 Å². The molecular weight excluding hydrogens is 361 g/mol. The van der Waals surface area contributed by atoms with E-state index in [-0.39, 0.29) is 11.5 Å². The number of nitrogens with zero attached hydrogens (tertiary/aromatic N) is 4. The SMILES string of the molecule is C[C@@H](O)Cn1cnc2c(C3CC3)c(-c3ccc(C(F)(F)F)cc3O)nnc21. The predicted molar refractivity (Wildman–Crippen MR) is 91.1 cm³/mol. The van der Waals surface area contributed by atoms with Crippen molar-refractivity contribution in [1.29, 1.82) is 0 Å². The first-order chi connectivity index (χ1) is 12.8. The number of phenols is 1. The second-order valence-corrected chi connectivity index (χ2v) is 6.88. The average Bonchev–Trinajstić information content (AvgIpc) is 3.35. The molecule has 3 aromatic rings. The summed E-state index contributed by atoms with van der Waals surface area (Å²) in [6.45, 7) is 1.95. The summed E-state index contributed by atoms with van der Waals surface area (Å²) in [6, 6.07) is 2.83. The van der Waals surface area contributed by atoms with E-state index in [1.807, 2.05) is 0 Å². The van der Waals surface area contributed by atoms with E-state index in [9.17, 15) is 23.4 Å². The van der Waals surface area contributed by atoms with Crippen LogP contribution in [0.1, 0.15) is 36.8 Å². The molecule has 0 spiro atoms. The lowest BCUT2D eigenvalue weighted by Gasteiger charge is -2.13. The number of imidazole rings is 1. The molecule has 2 aromatic heterocycles. The maximum atomic E-state index is 12.9. The number of phenolic OH excluding ortho intramolecular Hbond substituents is 1. The molecule has 1 aromatic carbocycles. The van der Waals surface area contributed by atoms with Gasteiger partial charge >= 0.3 is 6.18 Å². The third-order valence-electron chi connectivity index (χ3n) is 4.59. The standard InChI is InChI=1S/C18H17F3N4O2/c1-9(26)7-25-8-22-16-14(10-2-3-10)15(23-24-17(16)25)12-5-4-11(6-13(12)27)18(19,20)21/h4-6,8-10,26-27H,2-3,7H2,1H3/t9-/m1/s1. The molecule has 1 aliphatic carbocycles. The lowest BCUT2D eigenvalue weighted by Crippen LogP contribution is -2.11. The van der Waals surface area contributed by atoms with Crippen molar-refractivity contribution in [2.24, 2.45) is 0 Å². The van der Waals surface area contributed by atoms with Crippen LogP contribution in [-0.2, 0) is 12.7 Å². The summed E-state index contributed by atoms with van der Waals surface area (Å²) in [5.74, 6) is -0.321. The van der Waals surface area contributed by atoms with Gasteiger partial charge in [-0.2, -0.15) is 13.2 Å². The molecule has 27 heavy (non-hydrogen) atoms. The van der Waals surface area contributed by atoms with Crippen LogP contribution < -0.4 is 0 Å². The van der Waals surface area contributed by atoms with Crippen molar-refractivity contribution < 1.29 is 23.4 Å². The minimum atomic E-state index is -4.54. The van der Waals surface area contributed by atoms with Gasteiger partial charge in [-0.15, -0.1) is 10.2 Å². The molecule has 9 heteroatoms. The van der Waals surface area contributed by atoms with E-state index < -0.39 is 23.6 Å². The molecule has 0 amide bonds. The number of halogens is 3. The van der Waals surface area contributed by atoms with Crippen LogP contribution in [0.3, 0.4) is 0 Å². The molecule has 0 unspecified atom stereocenters. The van der Waals surface area contributed by atoms with E-state index in [0.717, 1.165) is 24.5 Å². The first-order valence-electron chi connectivity index (χ1n) is 8.55. The van der Waals surface area contributed by atoms with Crippen molar-refractivity contribution in [2.45, 2.75) is 44.5 Å². The van der Waals surface area contributed by atoms with E-state index in [2.05, 4.69) is 15.2 Å². The van der Waals surface area contributed by atoms with Crippen LogP contribution in [-0.4, -0.2) is 36.1 Å². The Labute approximate surface area is 152 Å². The molecule has 0 aliphatic heterocycles. The highest BCUT2D eigenvalue weighted by molar-refractivity contribution is 5.84. The Morgan fingerprint density at radius 2 is 2.00 bits per heavy atom. The number of rotatable bonds is 4. The van der Waals surface area contributed by atoms with Gasteiger partial charge in [0.05, 0.1) is 24.5 Å². The summed E-state index contributed by atoms with van der Waals surface area (Å²) in [6.07, 6.45) is -1.73. The fourth-order valence-corrected chi connectivity index (χ4v) is 3.22. The Morgan fingerprint density at radius 1 is 1.26 bits per heavy atom. The fourth-order valence-electron chi connectivity index (χ4n) is 3.22. The average molecular weight is 378 g/mol. The van der Waals surface area contributed by atoms with Crippen molar-refractivity contribution in [3.05, 3.63) is 35.7 Å². The Hall–Kier alpha value is -2.68. The van der Waals surface area contributed by atoms with E-state index in [1.165, 1.54) is 6.07 Å². The third-order valence-corrected chi connectivity index (χ3v) is 4.59. The maximum Gasteiger partial charge on any atom is 0.416 e. The lowest BCUT2D eigenvalue weighted by molar-refractivity contribution is -0.137. The second kappa shape index (κ2) is 6.19. The van der Waals surface area contributed by atoms with Crippen LogP contribution in [0.15, 0.2) is 24.5 Å². The van der Waals surface area contributed by atoms with Gasteiger partial charge in [0.2, 0.25) is 0 Å². The molecule has 1 atom stereocenters. The van der Waals surface area contributed by atoms with Crippen molar-refractivity contribution >= 4 is 11.2 Å². The molecule has 0 saturated heterocycles. The molecule has 2 N–H and O–H groups in total. The van der Waals surface area contributed by atoms with Crippen molar-refractivity contribution in [2.75, 3.05) is 0 Å². The number of fused-ring (bicyclic) bond motifs is 1. The van der Waals surface area contributed by atoms with E-state index in [0.29, 0.717) is 29.5 Å². The lowest BCUT2D eigenvalue weighted by atomic mass is 10.00. The van der Waals surface area contributed by atoms with Crippen LogP contribution in [0.25, 0.3) is 22.4 Å². The summed E-state index contributed by atoms with van der Waals surface area (Å²) in [4.78, 5) is 4.39. The monoisotopic (exact) mass is 378 g/mol. The third kappa shape index (κ3) is 3.23. The molecule has 6 nitrogen and oxygen atoms in total. The van der Waals surface area contributed by atoms with Gasteiger partial charge < -0.3 is 14.8 Å². The summed E-state index contributed by atoms with van der Waals surface area (Å²) < 4.78 is 40.3. The highest BCUT2D eigenvalue weighted by Crippen LogP contribution is 2.47. The van der Waals surface area contributed by atoms with Crippen LogP contribution in [0, 0.1) is 0 Å². The Bertz CT molecular complexity index is 1010. The van der Waals surface area contributed by atoms with Gasteiger partial charge in [0.15, 0.2) is 5.65 Å². The topological polar surface area (TPSA) is 84.1 Å². The maximum absolute atomic E-state index is 12.9. The Kier molecular flexibility index (Phi) is 4.06. The zero-order valence-electron chi connectivity index (χ0n) is 14.4. The summed E-state index contributed by atoms with van der Waals surface area (Å²) in [7, 11) is 0. The molecule has 2 heterocycles. The van der Waals surface area contributed by atoms with Crippen molar-refractivity contribution in [3.8, 4) is 17.0 Å². The van der Waals surface area contributed by atoms with Crippen LogP contribution in [0.4, 0.5) is 13.2 Å². The Balaban J connectivity index is 1.86. The van der Waals surface area contributed by atoms with Gasteiger partial charge in [-0.05, 0) is 43.9 Å². The summed E-state index contributed by atoms with van der Waals surface area (Å²) in [5, 5.41) is 28.2. The fraction of sp³-hybridized carbons (Fsp3) is 0.389. The van der Waals surface area contributed by atoms with Gasteiger partial charge in [-0.1, -0.05) is 0 Å². The van der Waals surface area contributed by atoms with Gasteiger partial charge in [-0.25, -0.2) is 4.98 Å². The molecule has 4 rings (SSSR count). The first kappa shape index (κ1) is 17.7. The van der Waals surface area contributed by atoms with Crippen LogP contribution in [0.5, 0.6) is 5.75 Å². The van der Waals surface area contributed by atoms with E-state index in [4.69, 9.17) is 0 Å². The van der Waals surface area contributed by atoms with Gasteiger partial charge in [0.1, 0.15) is 17.0 Å². The second-order valence-electron chi connectivity index (χ2n) is 6.88. The van der Waals surface area contributed by atoms with Crippen LogP contribution >= 0.6 is 0 Å². The number of aliphatic hydroxyl groups excluding tert-OH is 1. The number of benzene rings is 1. The van der Waals surface area contributed by atoms with Gasteiger partial charge in [0.25, 0.3) is 0 Å². The number of aromatic hydroxyl groups is 1. The number of hydrogen-bond donors (Lipinski definition) is 2. The normalized spacial score (nSPS) is 16.0. The first-order valence-corrected chi connectivity index (χ1v) is 8.55. The Morgan fingerprint density at radius 3 is 2.59 bits per heavy atom.